The van der Waals surface area contributed by atoms with Crippen molar-refractivity contribution in [3.05, 3.63) is 34.4 Å². The molecule has 148 valence electrons. The molecule has 5 nitrogen and oxygen atoms in total. The largest absolute Gasteiger partial charge is 0.494 e. The Balaban J connectivity index is 2.00. The molecule has 2 aromatic rings. The smallest absolute Gasteiger partial charge is 0.261 e. The van der Waals surface area contributed by atoms with Crippen LogP contribution in [0.4, 0.5) is 0 Å². The number of nitrogens with zero attached hydrogens (tertiary/aromatic N) is 3. The zero-order valence-corrected chi connectivity index (χ0v) is 17.4. The van der Waals surface area contributed by atoms with Crippen LogP contribution in [0, 0.1) is 5.92 Å². The summed E-state index contributed by atoms with van der Waals surface area (Å²) in [5.41, 5.74) is 0.822. The molecule has 0 amide bonds. The van der Waals surface area contributed by atoms with Crippen molar-refractivity contribution in [3.8, 4) is 5.75 Å². The maximum absolute atomic E-state index is 13.4. The molecule has 0 spiro atoms. The summed E-state index contributed by atoms with van der Waals surface area (Å²) in [4.78, 5) is 20.7. The minimum Gasteiger partial charge on any atom is -0.494 e. The molecule has 3 rings (SSSR count). The molecule has 1 aliphatic rings. The number of hydrogen-bond donors (Lipinski definition) is 0. The van der Waals surface area contributed by atoms with Crippen LogP contribution in [0.2, 0.25) is 0 Å². The van der Waals surface area contributed by atoms with E-state index < -0.39 is 0 Å². The van der Waals surface area contributed by atoms with E-state index in [1.54, 1.807) is 0 Å². The Morgan fingerprint density at radius 1 is 1.26 bits per heavy atom. The second kappa shape index (κ2) is 8.42. The van der Waals surface area contributed by atoms with E-state index in [0.29, 0.717) is 24.0 Å². The van der Waals surface area contributed by atoms with Crippen LogP contribution in [0.3, 0.4) is 0 Å². The van der Waals surface area contributed by atoms with E-state index in [1.807, 2.05) is 29.7 Å². The van der Waals surface area contributed by atoms with Gasteiger partial charge in [-0.25, -0.2) is 4.98 Å². The minimum atomic E-state index is 0.0620. The summed E-state index contributed by atoms with van der Waals surface area (Å²) in [6.45, 7) is 14.2. The van der Waals surface area contributed by atoms with Gasteiger partial charge in [0, 0.05) is 25.0 Å². The lowest BCUT2D eigenvalue weighted by atomic mass is 9.96. The average Bonchev–Trinajstić information content (AvgIpc) is 2.64. The lowest BCUT2D eigenvalue weighted by molar-refractivity contribution is 0.129. The van der Waals surface area contributed by atoms with E-state index in [4.69, 9.17) is 9.72 Å². The maximum atomic E-state index is 13.4. The van der Waals surface area contributed by atoms with Crippen LogP contribution in [0.1, 0.15) is 59.2 Å². The third-order valence-electron chi connectivity index (χ3n) is 5.50. The second-order valence-corrected chi connectivity index (χ2v) is 8.25. The van der Waals surface area contributed by atoms with E-state index in [1.165, 1.54) is 12.8 Å². The van der Waals surface area contributed by atoms with Crippen molar-refractivity contribution in [1.29, 1.82) is 0 Å². The number of aromatic nitrogens is 2. The third-order valence-corrected chi connectivity index (χ3v) is 5.50. The predicted octanol–water partition coefficient (Wildman–Crippen LogP) is 4.04. The topological polar surface area (TPSA) is 47.4 Å². The SMILES string of the molecule is CCOc1ccc2nc(C(C)C)n(C[C@H]3CCCN(C(C)C)C3)c(=O)c2c1. The van der Waals surface area contributed by atoms with E-state index in [-0.39, 0.29) is 11.5 Å². The Kier molecular flexibility index (Phi) is 6.20. The molecule has 0 bridgehead atoms. The van der Waals surface area contributed by atoms with Gasteiger partial charge < -0.3 is 9.64 Å². The summed E-state index contributed by atoms with van der Waals surface area (Å²) in [5.74, 6) is 2.32. The number of piperidine rings is 1. The van der Waals surface area contributed by atoms with Crippen molar-refractivity contribution >= 4 is 10.9 Å². The van der Waals surface area contributed by atoms with Gasteiger partial charge in [-0.3, -0.25) is 9.36 Å². The number of likely N-dealkylation sites (tertiary alicyclic amines) is 1. The molecule has 1 fully saturated rings. The highest BCUT2D eigenvalue weighted by atomic mass is 16.5. The highest BCUT2D eigenvalue weighted by Gasteiger charge is 2.24. The molecule has 27 heavy (non-hydrogen) atoms. The highest BCUT2D eigenvalue weighted by molar-refractivity contribution is 5.79. The first-order valence-electron chi connectivity index (χ1n) is 10.3. The molecule has 1 saturated heterocycles. The first-order chi connectivity index (χ1) is 12.9. The van der Waals surface area contributed by atoms with Gasteiger partial charge in [0.15, 0.2) is 0 Å². The quantitative estimate of drug-likeness (QED) is 0.769. The van der Waals surface area contributed by atoms with Gasteiger partial charge in [0.25, 0.3) is 5.56 Å². The van der Waals surface area contributed by atoms with Gasteiger partial charge in [0.2, 0.25) is 0 Å². The fourth-order valence-corrected chi connectivity index (χ4v) is 4.06. The molecule has 0 unspecified atom stereocenters. The summed E-state index contributed by atoms with van der Waals surface area (Å²) in [7, 11) is 0. The molecule has 1 aliphatic heterocycles. The van der Waals surface area contributed by atoms with Crippen LogP contribution >= 0.6 is 0 Å². The van der Waals surface area contributed by atoms with Gasteiger partial charge in [-0.1, -0.05) is 13.8 Å². The predicted molar refractivity (Wildman–Crippen MR) is 111 cm³/mol. The Hall–Kier alpha value is -1.88. The van der Waals surface area contributed by atoms with E-state index >= 15 is 0 Å². The molecule has 1 aromatic carbocycles. The summed E-state index contributed by atoms with van der Waals surface area (Å²) in [6, 6.07) is 6.20. The summed E-state index contributed by atoms with van der Waals surface area (Å²) >= 11 is 0. The number of fused-ring (bicyclic) bond motifs is 1. The van der Waals surface area contributed by atoms with Crippen LogP contribution < -0.4 is 10.3 Å². The Morgan fingerprint density at radius 3 is 2.70 bits per heavy atom. The van der Waals surface area contributed by atoms with E-state index in [9.17, 15) is 4.79 Å². The van der Waals surface area contributed by atoms with Gasteiger partial charge in [0.1, 0.15) is 11.6 Å². The number of hydrogen-bond acceptors (Lipinski definition) is 4. The van der Waals surface area contributed by atoms with Gasteiger partial charge in [-0.15, -0.1) is 0 Å². The van der Waals surface area contributed by atoms with Crippen molar-refractivity contribution in [3.63, 3.8) is 0 Å². The normalized spacial score (nSPS) is 18.6. The molecule has 0 radical (unpaired) electrons. The fraction of sp³-hybridized carbons (Fsp3) is 0.636. The Labute approximate surface area is 162 Å². The molecular formula is C22H33N3O2. The van der Waals surface area contributed by atoms with Gasteiger partial charge in [0.05, 0.1) is 17.5 Å². The van der Waals surface area contributed by atoms with Crippen LogP contribution in [0.5, 0.6) is 5.75 Å². The molecule has 1 atom stereocenters. The highest BCUT2D eigenvalue weighted by Crippen LogP contribution is 2.23. The fourth-order valence-electron chi connectivity index (χ4n) is 4.06. The van der Waals surface area contributed by atoms with Crippen LogP contribution in [0.15, 0.2) is 23.0 Å². The van der Waals surface area contributed by atoms with E-state index in [2.05, 4.69) is 32.6 Å². The van der Waals surface area contributed by atoms with E-state index in [0.717, 1.165) is 36.7 Å². The molecule has 2 heterocycles. The van der Waals surface area contributed by atoms with Crippen molar-refractivity contribution in [1.82, 2.24) is 14.5 Å². The summed E-state index contributed by atoms with van der Waals surface area (Å²) in [5, 5.41) is 0.655. The molecule has 5 heteroatoms. The lowest BCUT2D eigenvalue weighted by Crippen LogP contribution is -2.42. The van der Waals surface area contributed by atoms with Crippen LogP contribution in [-0.4, -0.2) is 40.2 Å². The second-order valence-electron chi connectivity index (χ2n) is 8.25. The first kappa shape index (κ1) is 19.9. The molecule has 1 aromatic heterocycles. The van der Waals surface area contributed by atoms with Gasteiger partial charge >= 0.3 is 0 Å². The molecular weight excluding hydrogens is 338 g/mol. The van der Waals surface area contributed by atoms with Crippen LogP contribution in [0.25, 0.3) is 10.9 Å². The van der Waals surface area contributed by atoms with Crippen LogP contribution in [-0.2, 0) is 6.54 Å². The third kappa shape index (κ3) is 4.34. The maximum Gasteiger partial charge on any atom is 0.261 e. The van der Waals surface area contributed by atoms with Crippen molar-refractivity contribution in [2.24, 2.45) is 5.92 Å². The molecule has 0 aliphatic carbocycles. The monoisotopic (exact) mass is 371 g/mol. The number of benzene rings is 1. The standard InChI is InChI=1S/C22H33N3O2/c1-6-27-18-9-10-20-19(12-18)22(26)25(21(23-20)15(2)3)14-17-8-7-11-24(13-17)16(4)5/h9-10,12,15-17H,6-8,11,13-14H2,1-5H3/t17-/m0/s1. The first-order valence-corrected chi connectivity index (χ1v) is 10.3. The Morgan fingerprint density at radius 2 is 2.04 bits per heavy atom. The average molecular weight is 372 g/mol. The van der Waals surface area contributed by atoms with Crippen molar-refractivity contribution in [2.45, 2.75) is 66.0 Å². The van der Waals surface area contributed by atoms with Gasteiger partial charge in [-0.05, 0) is 64.3 Å². The minimum absolute atomic E-state index is 0.0620. The molecule has 0 N–H and O–H groups in total. The summed E-state index contributed by atoms with van der Waals surface area (Å²) in [6.07, 6.45) is 2.37. The zero-order chi connectivity index (χ0) is 19.6. The molecule has 0 saturated carbocycles. The number of ether oxygens (including phenoxy) is 1. The zero-order valence-electron chi connectivity index (χ0n) is 17.4. The van der Waals surface area contributed by atoms with Crippen molar-refractivity contribution in [2.75, 3.05) is 19.7 Å². The summed E-state index contributed by atoms with van der Waals surface area (Å²) < 4.78 is 7.52. The Bertz CT molecular complexity index is 841. The number of rotatable bonds is 6. The lowest BCUT2D eigenvalue weighted by Gasteiger charge is -2.36. The van der Waals surface area contributed by atoms with Crippen molar-refractivity contribution < 1.29 is 4.74 Å². The van der Waals surface area contributed by atoms with Gasteiger partial charge in [-0.2, -0.15) is 0 Å².